The summed E-state index contributed by atoms with van der Waals surface area (Å²) in [5, 5.41) is 3.09. The van der Waals surface area contributed by atoms with Crippen molar-refractivity contribution < 1.29 is 9.53 Å². The highest BCUT2D eigenvalue weighted by Crippen LogP contribution is 2.09. The Balaban J connectivity index is 1.44. The molecule has 0 aliphatic carbocycles. The summed E-state index contributed by atoms with van der Waals surface area (Å²) in [6.07, 6.45) is 7.43. The molecule has 0 saturated carbocycles. The maximum Gasteiger partial charge on any atom is 0.274 e. The molecule has 1 aromatic carbocycles. The molecular formula is C21H27N5O2. The SMILES string of the molecule is COCCNc1cnc(C(=O)N2CCN(C/C=C/c3ccccc3)CC2)cn1. The van der Waals surface area contributed by atoms with Crippen LogP contribution in [0.2, 0.25) is 0 Å². The fourth-order valence-electron chi connectivity index (χ4n) is 3.01. The lowest BCUT2D eigenvalue weighted by molar-refractivity contribution is 0.0644. The van der Waals surface area contributed by atoms with Crippen LogP contribution in [0.1, 0.15) is 16.1 Å². The number of aromatic nitrogens is 2. The zero-order chi connectivity index (χ0) is 19.6. The van der Waals surface area contributed by atoms with Gasteiger partial charge in [-0.3, -0.25) is 9.69 Å². The second kappa shape index (κ2) is 10.5. The molecule has 0 radical (unpaired) electrons. The van der Waals surface area contributed by atoms with Crippen LogP contribution in [-0.4, -0.2) is 78.7 Å². The molecule has 0 unspecified atom stereocenters. The standard InChI is InChI=1S/C21H27N5O2/c1-28-15-9-22-20-17-23-19(16-24-20)21(27)26-13-11-25(12-14-26)10-5-8-18-6-3-2-4-7-18/h2-8,16-17H,9-15H2,1H3,(H,22,24)/b8-5+. The summed E-state index contributed by atoms with van der Waals surface area (Å²) < 4.78 is 4.98. The summed E-state index contributed by atoms with van der Waals surface area (Å²) in [5.41, 5.74) is 1.59. The molecule has 1 amide bonds. The first-order chi connectivity index (χ1) is 13.8. The maximum absolute atomic E-state index is 12.6. The van der Waals surface area contributed by atoms with Crippen molar-refractivity contribution in [2.45, 2.75) is 0 Å². The maximum atomic E-state index is 12.6. The third kappa shape index (κ3) is 5.87. The lowest BCUT2D eigenvalue weighted by Gasteiger charge is -2.33. The van der Waals surface area contributed by atoms with Gasteiger partial charge in [0.25, 0.3) is 5.91 Å². The van der Waals surface area contributed by atoms with Gasteiger partial charge < -0.3 is 15.0 Å². The molecule has 3 rings (SSSR count). The van der Waals surface area contributed by atoms with Gasteiger partial charge in [0, 0.05) is 46.4 Å². The first-order valence-corrected chi connectivity index (χ1v) is 9.54. The number of nitrogens with one attached hydrogen (secondary N) is 1. The molecule has 2 heterocycles. The van der Waals surface area contributed by atoms with E-state index in [0.29, 0.717) is 37.8 Å². The fraction of sp³-hybridized carbons (Fsp3) is 0.381. The molecule has 0 atom stereocenters. The minimum atomic E-state index is -0.0598. The second-order valence-corrected chi connectivity index (χ2v) is 6.61. The van der Waals surface area contributed by atoms with Gasteiger partial charge in [-0.25, -0.2) is 9.97 Å². The number of amides is 1. The van der Waals surface area contributed by atoms with Crippen molar-refractivity contribution in [2.75, 3.05) is 58.3 Å². The number of carbonyl (C=O) groups excluding carboxylic acids is 1. The largest absolute Gasteiger partial charge is 0.383 e. The molecule has 1 aliphatic heterocycles. The normalized spacial score (nSPS) is 15.1. The number of methoxy groups -OCH3 is 1. The van der Waals surface area contributed by atoms with Crippen molar-refractivity contribution in [1.29, 1.82) is 0 Å². The van der Waals surface area contributed by atoms with Crippen molar-refractivity contribution in [2.24, 2.45) is 0 Å². The van der Waals surface area contributed by atoms with Gasteiger partial charge in [-0.05, 0) is 5.56 Å². The molecule has 148 valence electrons. The van der Waals surface area contributed by atoms with E-state index in [1.807, 2.05) is 23.1 Å². The highest BCUT2D eigenvalue weighted by Gasteiger charge is 2.22. The summed E-state index contributed by atoms with van der Waals surface area (Å²) in [6.45, 7) is 5.25. The molecular weight excluding hydrogens is 354 g/mol. The lowest BCUT2D eigenvalue weighted by atomic mass is 10.2. The predicted octanol–water partition coefficient (Wildman–Crippen LogP) is 2.01. The van der Waals surface area contributed by atoms with E-state index in [0.717, 1.165) is 19.6 Å². The molecule has 1 aromatic heterocycles. The lowest BCUT2D eigenvalue weighted by Crippen LogP contribution is -2.48. The van der Waals surface area contributed by atoms with E-state index in [2.05, 4.69) is 44.5 Å². The van der Waals surface area contributed by atoms with E-state index in [4.69, 9.17) is 4.74 Å². The Morgan fingerprint density at radius 1 is 1.14 bits per heavy atom. The zero-order valence-electron chi connectivity index (χ0n) is 16.3. The number of rotatable bonds is 8. The van der Waals surface area contributed by atoms with Crippen molar-refractivity contribution in [1.82, 2.24) is 19.8 Å². The summed E-state index contributed by atoms with van der Waals surface area (Å²) in [4.78, 5) is 25.3. The van der Waals surface area contributed by atoms with Crippen LogP contribution >= 0.6 is 0 Å². The van der Waals surface area contributed by atoms with Crippen LogP contribution in [0, 0.1) is 0 Å². The molecule has 28 heavy (non-hydrogen) atoms. The molecule has 7 nitrogen and oxygen atoms in total. The number of nitrogens with zero attached hydrogens (tertiary/aromatic N) is 4. The second-order valence-electron chi connectivity index (χ2n) is 6.61. The van der Waals surface area contributed by atoms with Crippen molar-refractivity contribution in [3.8, 4) is 0 Å². The highest BCUT2D eigenvalue weighted by atomic mass is 16.5. The van der Waals surface area contributed by atoms with E-state index < -0.39 is 0 Å². The van der Waals surface area contributed by atoms with E-state index >= 15 is 0 Å². The summed E-state index contributed by atoms with van der Waals surface area (Å²) in [5.74, 6) is 0.582. The van der Waals surface area contributed by atoms with Crippen LogP contribution in [0.5, 0.6) is 0 Å². The van der Waals surface area contributed by atoms with Crippen LogP contribution in [0.3, 0.4) is 0 Å². The zero-order valence-corrected chi connectivity index (χ0v) is 16.3. The molecule has 1 fully saturated rings. The van der Waals surface area contributed by atoms with Gasteiger partial charge >= 0.3 is 0 Å². The van der Waals surface area contributed by atoms with Crippen molar-refractivity contribution in [3.05, 3.63) is 60.1 Å². The quantitative estimate of drug-likeness (QED) is 0.706. The molecule has 0 bridgehead atoms. The Labute approximate surface area is 166 Å². The smallest absolute Gasteiger partial charge is 0.274 e. The Morgan fingerprint density at radius 2 is 1.93 bits per heavy atom. The number of ether oxygens (including phenoxy) is 1. The van der Waals surface area contributed by atoms with Gasteiger partial charge in [0.15, 0.2) is 0 Å². The number of benzene rings is 1. The number of anilines is 1. The molecule has 1 N–H and O–H groups in total. The van der Waals surface area contributed by atoms with Crippen molar-refractivity contribution >= 4 is 17.8 Å². The van der Waals surface area contributed by atoms with Gasteiger partial charge in [0.1, 0.15) is 11.5 Å². The van der Waals surface area contributed by atoms with Gasteiger partial charge in [-0.2, -0.15) is 0 Å². The van der Waals surface area contributed by atoms with Crippen LogP contribution < -0.4 is 5.32 Å². The number of hydrogen-bond donors (Lipinski definition) is 1. The third-order valence-corrected chi connectivity index (χ3v) is 4.62. The summed E-state index contributed by atoms with van der Waals surface area (Å²) in [7, 11) is 1.65. The Bertz CT molecular complexity index is 756. The van der Waals surface area contributed by atoms with Crippen LogP contribution in [0.4, 0.5) is 5.82 Å². The van der Waals surface area contributed by atoms with Gasteiger partial charge in [-0.1, -0.05) is 42.5 Å². The number of hydrogen-bond acceptors (Lipinski definition) is 6. The van der Waals surface area contributed by atoms with Gasteiger partial charge in [0.05, 0.1) is 19.0 Å². The van der Waals surface area contributed by atoms with Crippen LogP contribution in [-0.2, 0) is 4.74 Å². The van der Waals surface area contributed by atoms with Crippen LogP contribution in [0.25, 0.3) is 6.08 Å². The Hall–Kier alpha value is -2.77. The summed E-state index contributed by atoms with van der Waals surface area (Å²) >= 11 is 0. The molecule has 0 spiro atoms. The fourth-order valence-corrected chi connectivity index (χ4v) is 3.01. The highest BCUT2D eigenvalue weighted by molar-refractivity contribution is 5.92. The van der Waals surface area contributed by atoms with E-state index in [1.54, 1.807) is 13.3 Å². The number of carbonyl (C=O) groups is 1. The monoisotopic (exact) mass is 381 g/mol. The Morgan fingerprint density at radius 3 is 2.61 bits per heavy atom. The summed E-state index contributed by atoms with van der Waals surface area (Å²) in [6, 6.07) is 10.3. The topological polar surface area (TPSA) is 70.6 Å². The van der Waals surface area contributed by atoms with E-state index in [-0.39, 0.29) is 5.91 Å². The van der Waals surface area contributed by atoms with E-state index in [9.17, 15) is 4.79 Å². The van der Waals surface area contributed by atoms with E-state index in [1.165, 1.54) is 11.8 Å². The minimum Gasteiger partial charge on any atom is -0.383 e. The van der Waals surface area contributed by atoms with Crippen LogP contribution in [0.15, 0.2) is 48.8 Å². The minimum absolute atomic E-state index is 0.0598. The molecule has 2 aromatic rings. The Kier molecular flexibility index (Phi) is 7.52. The third-order valence-electron chi connectivity index (χ3n) is 4.62. The number of piperazine rings is 1. The van der Waals surface area contributed by atoms with Gasteiger partial charge in [0.2, 0.25) is 0 Å². The first-order valence-electron chi connectivity index (χ1n) is 9.54. The van der Waals surface area contributed by atoms with Crippen molar-refractivity contribution in [3.63, 3.8) is 0 Å². The van der Waals surface area contributed by atoms with Gasteiger partial charge in [-0.15, -0.1) is 0 Å². The average Bonchev–Trinajstić information content (AvgIpc) is 2.75. The molecule has 1 aliphatic rings. The predicted molar refractivity (Wildman–Crippen MR) is 110 cm³/mol. The first kappa shape index (κ1) is 20.0. The molecule has 1 saturated heterocycles. The molecule has 7 heteroatoms. The average molecular weight is 381 g/mol.